The van der Waals surface area contributed by atoms with E-state index in [0.29, 0.717) is 5.56 Å². The van der Waals surface area contributed by atoms with Gasteiger partial charge in [-0.05, 0) is 37.5 Å². The van der Waals surface area contributed by atoms with E-state index in [1.165, 1.54) is 5.56 Å². The zero-order valence-electron chi connectivity index (χ0n) is 9.69. The molecule has 0 unspecified atom stereocenters. The van der Waals surface area contributed by atoms with E-state index < -0.39 is 0 Å². The number of halogens is 1. The van der Waals surface area contributed by atoms with Crippen LogP contribution in [-0.2, 0) is 6.42 Å². The van der Waals surface area contributed by atoms with Crippen LogP contribution in [0.2, 0.25) is 0 Å². The van der Waals surface area contributed by atoms with Gasteiger partial charge in [0.25, 0.3) is 5.91 Å². The lowest BCUT2D eigenvalue weighted by Gasteiger charge is -2.05. The lowest BCUT2D eigenvalue weighted by Crippen LogP contribution is -2.17. The van der Waals surface area contributed by atoms with Gasteiger partial charge in [-0.2, -0.15) is 0 Å². The van der Waals surface area contributed by atoms with Crippen LogP contribution in [0.5, 0.6) is 0 Å². The molecule has 0 bridgehead atoms. The third-order valence-electron chi connectivity index (χ3n) is 2.33. The van der Waals surface area contributed by atoms with Crippen molar-refractivity contribution in [3.8, 4) is 0 Å². The van der Waals surface area contributed by atoms with Crippen LogP contribution >= 0.6 is 12.4 Å². The predicted octanol–water partition coefficient (Wildman–Crippen LogP) is 1.75. The zero-order chi connectivity index (χ0) is 11.3. The molecule has 4 heteroatoms. The van der Waals surface area contributed by atoms with Crippen LogP contribution in [0.4, 0.5) is 0 Å². The Kier molecular flexibility index (Phi) is 6.77. The molecule has 1 rings (SSSR count). The van der Waals surface area contributed by atoms with E-state index in [-0.39, 0.29) is 24.4 Å². The molecule has 0 aliphatic rings. The Bertz CT molecular complexity index is 322. The molecule has 0 radical (unpaired) electrons. The number of carbonyl (C=O) groups excluding carboxylic acids is 1. The summed E-state index contributed by atoms with van der Waals surface area (Å²) < 4.78 is 0. The number of nitrogens with two attached hydrogens (primary N) is 1. The van der Waals surface area contributed by atoms with Crippen LogP contribution < -0.4 is 11.1 Å². The zero-order valence-corrected chi connectivity index (χ0v) is 10.5. The van der Waals surface area contributed by atoms with Gasteiger partial charge >= 0.3 is 0 Å². The van der Waals surface area contributed by atoms with Crippen LogP contribution in [-0.4, -0.2) is 19.0 Å². The Hall–Kier alpha value is -1.06. The smallest absolute Gasteiger partial charge is 0.251 e. The predicted molar refractivity (Wildman–Crippen MR) is 69.1 cm³/mol. The van der Waals surface area contributed by atoms with Crippen molar-refractivity contribution in [3.05, 3.63) is 35.4 Å². The SMILES string of the molecule is CNC(=O)c1ccc(CC[C@H](C)N)cc1.Cl. The summed E-state index contributed by atoms with van der Waals surface area (Å²) in [6.45, 7) is 2.00. The molecule has 1 aromatic rings. The summed E-state index contributed by atoms with van der Waals surface area (Å²) in [5, 5.41) is 2.59. The van der Waals surface area contributed by atoms with Crippen molar-refractivity contribution in [2.45, 2.75) is 25.8 Å². The second kappa shape index (κ2) is 7.25. The molecule has 0 heterocycles. The first kappa shape index (κ1) is 14.9. The highest BCUT2D eigenvalue weighted by Gasteiger charge is 2.02. The van der Waals surface area contributed by atoms with Crippen molar-refractivity contribution in [3.63, 3.8) is 0 Å². The Morgan fingerprint density at radius 2 is 1.94 bits per heavy atom. The third kappa shape index (κ3) is 4.64. The minimum absolute atomic E-state index is 0. The first-order chi connectivity index (χ1) is 7.13. The molecule has 0 aliphatic carbocycles. The first-order valence-corrected chi connectivity index (χ1v) is 5.20. The number of hydrogen-bond acceptors (Lipinski definition) is 2. The van der Waals surface area contributed by atoms with Gasteiger partial charge in [-0.15, -0.1) is 12.4 Å². The van der Waals surface area contributed by atoms with E-state index in [1.807, 2.05) is 31.2 Å². The average Bonchev–Trinajstić information content (AvgIpc) is 2.26. The molecule has 1 aromatic carbocycles. The maximum Gasteiger partial charge on any atom is 0.251 e. The minimum atomic E-state index is -0.0475. The fourth-order valence-electron chi connectivity index (χ4n) is 1.36. The van der Waals surface area contributed by atoms with Gasteiger partial charge in [-0.3, -0.25) is 4.79 Å². The molecule has 0 aliphatic heterocycles. The molecule has 0 saturated carbocycles. The molecule has 0 fully saturated rings. The monoisotopic (exact) mass is 242 g/mol. The molecule has 90 valence electrons. The number of benzene rings is 1. The number of amides is 1. The van der Waals surface area contributed by atoms with Gasteiger partial charge in [0.05, 0.1) is 0 Å². The van der Waals surface area contributed by atoms with Gasteiger partial charge < -0.3 is 11.1 Å². The molecular formula is C12H19ClN2O. The molecule has 1 amide bonds. The molecule has 0 spiro atoms. The highest BCUT2D eigenvalue weighted by atomic mass is 35.5. The maximum atomic E-state index is 11.3. The van der Waals surface area contributed by atoms with Crippen LogP contribution in [0.25, 0.3) is 0 Å². The Morgan fingerprint density at radius 3 is 2.38 bits per heavy atom. The standard InChI is InChI=1S/C12H18N2O.ClH/c1-9(13)3-4-10-5-7-11(8-6-10)12(15)14-2;/h5-9H,3-4,13H2,1-2H3,(H,14,15);1H/t9-;/m0./s1. The van der Waals surface area contributed by atoms with Crippen LogP contribution in [0.15, 0.2) is 24.3 Å². The molecule has 3 nitrogen and oxygen atoms in total. The number of carbonyl (C=O) groups is 1. The summed E-state index contributed by atoms with van der Waals surface area (Å²) in [4.78, 5) is 11.3. The Labute approximate surface area is 103 Å². The van der Waals surface area contributed by atoms with E-state index >= 15 is 0 Å². The van der Waals surface area contributed by atoms with Crippen LogP contribution in [0, 0.1) is 0 Å². The summed E-state index contributed by atoms with van der Waals surface area (Å²) in [6.07, 6.45) is 1.94. The van der Waals surface area contributed by atoms with E-state index in [9.17, 15) is 4.79 Å². The molecule has 0 aromatic heterocycles. The number of rotatable bonds is 4. The number of aryl methyl sites for hydroxylation is 1. The average molecular weight is 243 g/mol. The summed E-state index contributed by atoms with van der Waals surface area (Å²) in [5.74, 6) is -0.0475. The molecule has 0 saturated heterocycles. The summed E-state index contributed by atoms with van der Waals surface area (Å²) in [5.41, 5.74) is 7.59. The van der Waals surface area contributed by atoms with Crippen molar-refractivity contribution in [2.75, 3.05) is 7.05 Å². The minimum Gasteiger partial charge on any atom is -0.355 e. The fraction of sp³-hybridized carbons (Fsp3) is 0.417. The molecule has 3 N–H and O–H groups in total. The Morgan fingerprint density at radius 1 is 1.38 bits per heavy atom. The summed E-state index contributed by atoms with van der Waals surface area (Å²) >= 11 is 0. The van der Waals surface area contributed by atoms with Crippen molar-refractivity contribution in [1.29, 1.82) is 0 Å². The van der Waals surface area contributed by atoms with Gasteiger partial charge in [0.2, 0.25) is 0 Å². The second-order valence-corrected chi connectivity index (χ2v) is 3.79. The maximum absolute atomic E-state index is 11.3. The topological polar surface area (TPSA) is 55.1 Å². The highest BCUT2D eigenvalue weighted by Crippen LogP contribution is 2.07. The van der Waals surface area contributed by atoms with Gasteiger partial charge in [-0.25, -0.2) is 0 Å². The van der Waals surface area contributed by atoms with Gasteiger partial charge in [0.1, 0.15) is 0 Å². The van der Waals surface area contributed by atoms with E-state index in [1.54, 1.807) is 7.05 Å². The van der Waals surface area contributed by atoms with Gasteiger partial charge in [-0.1, -0.05) is 12.1 Å². The largest absolute Gasteiger partial charge is 0.355 e. The van der Waals surface area contributed by atoms with Gasteiger partial charge in [0, 0.05) is 18.7 Å². The van der Waals surface area contributed by atoms with Crippen molar-refractivity contribution in [2.24, 2.45) is 5.73 Å². The van der Waals surface area contributed by atoms with E-state index in [2.05, 4.69) is 5.32 Å². The van der Waals surface area contributed by atoms with E-state index in [0.717, 1.165) is 12.8 Å². The number of hydrogen-bond donors (Lipinski definition) is 2. The van der Waals surface area contributed by atoms with Gasteiger partial charge in [0.15, 0.2) is 0 Å². The molecule has 1 atom stereocenters. The summed E-state index contributed by atoms with van der Waals surface area (Å²) in [6, 6.07) is 7.87. The van der Waals surface area contributed by atoms with Crippen molar-refractivity contribution in [1.82, 2.24) is 5.32 Å². The quantitative estimate of drug-likeness (QED) is 0.845. The van der Waals surface area contributed by atoms with Crippen LogP contribution in [0.1, 0.15) is 29.3 Å². The van der Waals surface area contributed by atoms with Crippen molar-refractivity contribution >= 4 is 18.3 Å². The second-order valence-electron chi connectivity index (χ2n) is 3.79. The van der Waals surface area contributed by atoms with Crippen molar-refractivity contribution < 1.29 is 4.79 Å². The highest BCUT2D eigenvalue weighted by molar-refractivity contribution is 5.93. The summed E-state index contributed by atoms with van der Waals surface area (Å²) in [7, 11) is 1.63. The molecule has 16 heavy (non-hydrogen) atoms. The fourth-order valence-corrected chi connectivity index (χ4v) is 1.36. The third-order valence-corrected chi connectivity index (χ3v) is 2.33. The number of nitrogens with one attached hydrogen (secondary N) is 1. The molecular weight excluding hydrogens is 224 g/mol. The Balaban J connectivity index is 0.00000225. The normalized spacial score (nSPS) is 11.4. The first-order valence-electron chi connectivity index (χ1n) is 5.20. The van der Waals surface area contributed by atoms with Crippen LogP contribution in [0.3, 0.4) is 0 Å². The van der Waals surface area contributed by atoms with E-state index in [4.69, 9.17) is 5.73 Å². The lowest BCUT2D eigenvalue weighted by atomic mass is 10.0. The lowest BCUT2D eigenvalue weighted by molar-refractivity contribution is 0.0963.